The molecular weight excluding hydrogens is 517 g/mol. The zero-order chi connectivity index (χ0) is 28.5. The summed E-state index contributed by atoms with van der Waals surface area (Å²) in [7, 11) is 1.50. The first-order valence-corrected chi connectivity index (χ1v) is 12.7. The summed E-state index contributed by atoms with van der Waals surface area (Å²) in [4.78, 5) is 43.3. The van der Waals surface area contributed by atoms with E-state index in [-0.39, 0.29) is 43.7 Å². The number of benzene rings is 3. The topological polar surface area (TPSA) is 121 Å². The van der Waals surface area contributed by atoms with Crippen molar-refractivity contribution in [1.82, 2.24) is 14.8 Å². The lowest BCUT2D eigenvalue weighted by Gasteiger charge is -2.28. The molecule has 0 aliphatic rings. The fourth-order valence-electron chi connectivity index (χ4n) is 4.28. The number of methoxy groups -OCH3 is 1. The minimum absolute atomic E-state index is 0.101. The zero-order valence-electron chi connectivity index (χ0n) is 22.0. The summed E-state index contributed by atoms with van der Waals surface area (Å²) in [6.45, 7) is 0.739. The first kappa shape index (κ1) is 28.2. The zero-order valence-corrected chi connectivity index (χ0v) is 22.0. The summed E-state index contributed by atoms with van der Waals surface area (Å²) in [5.41, 5.74) is 3.07. The van der Waals surface area contributed by atoms with Gasteiger partial charge in [0.15, 0.2) is 0 Å². The maximum absolute atomic E-state index is 13.6. The molecular formula is C29H30FN5O5. The molecule has 1 aromatic heterocycles. The quantitative estimate of drug-likeness (QED) is 0.192. The summed E-state index contributed by atoms with van der Waals surface area (Å²) in [5, 5.41) is 14.7. The van der Waals surface area contributed by atoms with Crippen LogP contribution in [-0.2, 0) is 22.5 Å². The summed E-state index contributed by atoms with van der Waals surface area (Å²) in [5.74, 6) is -0.659. The number of amides is 3. The molecule has 11 heteroatoms. The third-order valence-corrected chi connectivity index (χ3v) is 6.47. The molecule has 0 unspecified atom stereocenters. The lowest BCUT2D eigenvalue weighted by atomic mass is 10.1. The van der Waals surface area contributed by atoms with E-state index in [0.29, 0.717) is 18.7 Å². The molecule has 0 atom stereocenters. The number of anilines is 1. The number of hydrogen-bond donors (Lipinski definition) is 2. The molecule has 10 nitrogen and oxygen atoms in total. The van der Waals surface area contributed by atoms with Gasteiger partial charge in [0, 0.05) is 61.7 Å². The van der Waals surface area contributed by atoms with Gasteiger partial charge in [-0.2, -0.15) is 0 Å². The second kappa shape index (κ2) is 13.3. The van der Waals surface area contributed by atoms with Crippen LogP contribution in [0, 0.1) is 15.9 Å². The minimum Gasteiger partial charge on any atom is -0.383 e. The van der Waals surface area contributed by atoms with Gasteiger partial charge in [0.1, 0.15) is 12.4 Å². The summed E-state index contributed by atoms with van der Waals surface area (Å²) < 4.78 is 18.6. The molecule has 0 spiro atoms. The van der Waals surface area contributed by atoms with Gasteiger partial charge in [-0.15, -0.1) is 0 Å². The molecule has 3 amide bonds. The van der Waals surface area contributed by atoms with E-state index in [0.717, 1.165) is 22.0 Å². The molecule has 208 valence electrons. The molecule has 4 aromatic rings. The smallest absolute Gasteiger partial charge is 0.322 e. The Balaban J connectivity index is 1.49. The Hall–Kier alpha value is -4.77. The number of ether oxygens (including phenoxy) is 1. The van der Waals surface area contributed by atoms with E-state index in [2.05, 4.69) is 10.3 Å². The lowest BCUT2D eigenvalue weighted by molar-refractivity contribution is -0.384. The summed E-state index contributed by atoms with van der Waals surface area (Å²) in [6.07, 6.45) is 2.50. The Morgan fingerprint density at radius 1 is 1.00 bits per heavy atom. The van der Waals surface area contributed by atoms with E-state index in [1.807, 2.05) is 30.5 Å². The number of nitro benzene ring substituents is 1. The van der Waals surface area contributed by atoms with Crippen LogP contribution in [0.15, 0.2) is 79.0 Å². The van der Waals surface area contributed by atoms with Crippen LogP contribution in [0.5, 0.6) is 0 Å². The van der Waals surface area contributed by atoms with Crippen LogP contribution in [0.1, 0.15) is 11.1 Å². The van der Waals surface area contributed by atoms with Crippen LogP contribution in [0.4, 0.5) is 20.6 Å². The standard InChI is InChI=1S/C29H30FN5O5/c1-40-17-16-34(29(37)32-24-10-12-25(13-11-24)35(38)39)20-28(36)33(19-21-6-8-23(30)9-7-21)15-14-22-18-31-27-5-3-2-4-26(22)27/h2-13,18,31H,14-17,19-20H2,1H3,(H,32,37). The van der Waals surface area contributed by atoms with Gasteiger partial charge in [-0.25, -0.2) is 9.18 Å². The minimum atomic E-state index is -0.544. The fourth-order valence-corrected chi connectivity index (χ4v) is 4.28. The van der Waals surface area contributed by atoms with Crippen molar-refractivity contribution in [3.05, 3.63) is 106 Å². The third-order valence-electron chi connectivity index (χ3n) is 6.47. The molecule has 0 fully saturated rings. The molecule has 40 heavy (non-hydrogen) atoms. The van der Waals surface area contributed by atoms with Crippen molar-refractivity contribution < 1.29 is 23.6 Å². The third kappa shape index (κ3) is 7.41. The highest BCUT2D eigenvalue weighted by Crippen LogP contribution is 2.20. The molecule has 0 aliphatic carbocycles. The highest BCUT2D eigenvalue weighted by atomic mass is 19.1. The number of carbonyl (C=O) groups excluding carboxylic acids is 2. The molecule has 0 bridgehead atoms. The van der Waals surface area contributed by atoms with Crippen molar-refractivity contribution >= 4 is 34.2 Å². The van der Waals surface area contributed by atoms with Crippen LogP contribution in [0.2, 0.25) is 0 Å². The van der Waals surface area contributed by atoms with E-state index in [1.54, 1.807) is 17.0 Å². The number of urea groups is 1. The van der Waals surface area contributed by atoms with Crippen molar-refractivity contribution in [3.63, 3.8) is 0 Å². The second-order valence-corrected chi connectivity index (χ2v) is 9.20. The van der Waals surface area contributed by atoms with Gasteiger partial charge in [0.2, 0.25) is 5.91 Å². The number of aromatic amines is 1. The van der Waals surface area contributed by atoms with Crippen LogP contribution in [-0.4, -0.2) is 65.0 Å². The number of nitrogens with one attached hydrogen (secondary N) is 2. The number of nitro groups is 1. The number of rotatable bonds is 12. The van der Waals surface area contributed by atoms with Gasteiger partial charge in [-0.05, 0) is 47.9 Å². The molecule has 3 aromatic carbocycles. The number of hydrogen-bond acceptors (Lipinski definition) is 5. The van der Waals surface area contributed by atoms with E-state index < -0.39 is 11.0 Å². The SMILES string of the molecule is COCCN(CC(=O)N(CCc1c[nH]c2ccccc12)Cc1ccc(F)cc1)C(=O)Nc1ccc([N+](=O)[O-])cc1. The molecule has 0 aliphatic heterocycles. The first-order chi connectivity index (χ1) is 19.3. The number of fused-ring (bicyclic) bond motifs is 1. The number of halogens is 1. The summed E-state index contributed by atoms with van der Waals surface area (Å²) in [6, 6.07) is 18.7. The number of non-ortho nitro benzene ring substituents is 1. The summed E-state index contributed by atoms with van der Waals surface area (Å²) >= 11 is 0. The predicted octanol–water partition coefficient (Wildman–Crippen LogP) is 4.97. The van der Waals surface area contributed by atoms with Crippen molar-refractivity contribution in [2.75, 3.05) is 38.7 Å². The van der Waals surface area contributed by atoms with Crippen molar-refractivity contribution in [1.29, 1.82) is 0 Å². The molecule has 1 heterocycles. The van der Waals surface area contributed by atoms with E-state index in [4.69, 9.17) is 4.74 Å². The van der Waals surface area contributed by atoms with Crippen molar-refractivity contribution in [3.8, 4) is 0 Å². The van der Waals surface area contributed by atoms with Gasteiger partial charge in [-0.1, -0.05) is 30.3 Å². The number of aromatic nitrogens is 1. The van der Waals surface area contributed by atoms with Gasteiger partial charge in [0.25, 0.3) is 5.69 Å². The van der Waals surface area contributed by atoms with Gasteiger partial charge >= 0.3 is 6.03 Å². The average Bonchev–Trinajstić information content (AvgIpc) is 3.37. The lowest BCUT2D eigenvalue weighted by Crippen LogP contribution is -2.46. The van der Waals surface area contributed by atoms with Crippen LogP contribution in [0.25, 0.3) is 10.9 Å². The Labute approximate surface area is 230 Å². The van der Waals surface area contributed by atoms with Gasteiger partial charge < -0.3 is 24.8 Å². The van der Waals surface area contributed by atoms with Gasteiger partial charge in [-0.3, -0.25) is 14.9 Å². The molecule has 0 saturated heterocycles. The predicted molar refractivity (Wildman–Crippen MR) is 149 cm³/mol. The van der Waals surface area contributed by atoms with E-state index in [1.165, 1.54) is 48.4 Å². The van der Waals surface area contributed by atoms with E-state index in [9.17, 15) is 24.1 Å². The van der Waals surface area contributed by atoms with Crippen LogP contribution in [0.3, 0.4) is 0 Å². The number of para-hydroxylation sites is 1. The Kier molecular flexibility index (Phi) is 9.42. The normalized spacial score (nSPS) is 10.8. The Morgan fingerprint density at radius 3 is 2.42 bits per heavy atom. The van der Waals surface area contributed by atoms with Crippen molar-refractivity contribution in [2.45, 2.75) is 13.0 Å². The maximum atomic E-state index is 13.6. The van der Waals surface area contributed by atoms with Crippen molar-refractivity contribution in [2.24, 2.45) is 0 Å². The number of carbonyl (C=O) groups is 2. The monoisotopic (exact) mass is 547 g/mol. The van der Waals surface area contributed by atoms with Gasteiger partial charge in [0.05, 0.1) is 11.5 Å². The molecule has 0 saturated carbocycles. The molecule has 0 radical (unpaired) electrons. The highest BCUT2D eigenvalue weighted by molar-refractivity contribution is 5.92. The number of nitrogens with zero attached hydrogens (tertiary/aromatic N) is 3. The fraction of sp³-hybridized carbons (Fsp3) is 0.241. The van der Waals surface area contributed by atoms with Crippen LogP contribution < -0.4 is 5.32 Å². The Bertz CT molecular complexity index is 1460. The molecule has 4 rings (SSSR count). The van der Waals surface area contributed by atoms with E-state index >= 15 is 0 Å². The van der Waals surface area contributed by atoms with Crippen LogP contribution >= 0.6 is 0 Å². The second-order valence-electron chi connectivity index (χ2n) is 9.20. The molecule has 2 N–H and O–H groups in total. The number of H-pyrrole nitrogens is 1. The maximum Gasteiger partial charge on any atom is 0.322 e. The Morgan fingerprint density at radius 2 is 1.73 bits per heavy atom. The average molecular weight is 548 g/mol. The largest absolute Gasteiger partial charge is 0.383 e. The first-order valence-electron chi connectivity index (χ1n) is 12.7. The highest BCUT2D eigenvalue weighted by Gasteiger charge is 2.22.